The van der Waals surface area contributed by atoms with Crippen LogP contribution >= 0.6 is 0 Å². The topological polar surface area (TPSA) is 84.1 Å². The lowest BCUT2D eigenvalue weighted by molar-refractivity contribution is 0.102. The van der Waals surface area contributed by atoms with E-state index in [2.05, 4.69) is 52.2 Å². The third-order valence-corrected chi connectivity index (χ3v) is 5.88. The largest absolute Gasteiger partial charge is 0.369 e. The second-order valence-corrected chi connectivity index (χ2v) is 8.91. The third kappa shape index (κ3) is 4.81. The summed E-state index contributed by atoms with van der Waals surface area (Å²) in [7, 11) is 0. The van der Waals surface area contributed by atoms with Crippen LogP contribution in [0.2, 0.25) is 0 Å². The SMILES string of the molecule is Cc1cc(C)cc(-c2cncc(NC(=O)c3cc(C)cc(C)n3)c2N2CCC(N)CC2)c1. The maximum absolute atomic E-state index is 13.1. The van der Waals surface area contributed by atoms with Gasteiger partial charge in [-0.1, -0.05) is 29.3 Å². The highest BCUT2D eigenvalue weighted by molar-refractivity contribution is 6.06. The number of carbonyl (C=O) groups excluding carboxylic acids is 1. The fourth-order valence-electron chi connectivity index (χ4n) is 4.49. The van der Waals surface area contributed by atoms with E-state index in [1.165, 1.54) is 11.1 Å². The average Bonchev–Trinajstić information content (AvgIpc) is 2.73. The van der Waals surface area contributed by atoms with E-state index < -0.39 is 0 Å². The van der Waals surface area contributed by atoms with Crippen LogP contribution in [0.15, 0.2) is 42.7 Å². The number of hydrogen-bond acceptors (Lipinski definition) is 5. The zero-order valence-corrected chi connectivity index (χ0v) is 19.3. The number of rotatable bonds is 4. The Morgan fingerprint density at radius 3 is 2.28 bits per heavy atom. The number of aromatic nitrogens is 2. The molecule has 0 unspecified atom stereocenters. The summed E-state index contributed by atoms with van der Waals surface area (Å²) in [6.45, 7) is 9.74. The lowest BCUT2D eigenvalue weighted by Crippen LogP contribution is -2.40. The second kappa shape index (κ2) is 9.09. The van der Waals surface area contributed by atoms with E-state index in [1.807, 2.05) is 32.2 Å². The van der Waals surface area contributed by atoms with Crippen molar-refractivity contribution >= 4 is 17.3 Å². The summed E-state index contributed by atoms with van der Waals surface area (Å²) < 4.78 is 0. The normalized spacial score (nSPS) is 14.5. The number of benzene rings is 1. The lowest BCUT2D eigenvalue weighted by Gasteiger charge is -2.34. The first-order valence-corrected chi connectivity index (χ1v) is 11.1. The van der Waals surface area contributed by atoms with Crippen molar-refractivity contribution in [3.8, 4) is 11.1 Å². The number of nitrogens with zero attached hydrogens (tertiary/aromatic N) is 3. The number of nitrogens with one attached hydrogen (secondary N) is 1. The van der Waals surface area contributed by atoms with E-state index in [0.29, 0.717) is 11.4 Å². The smallest absolute Gasteiger partial charge is 0.274 e. The molecule has 3 heterocycles. The minimum atomic E-state index is -0.230. The molecule has 2 aromatic heterocycles. The van der Waals surface area contributed by atoms with E-state index in [0.717, 1.165) is 54.0 Å². The van der Waals surface area contributed by atoms with Crippen LogP contribution in [-0.4, -0.2) is 35.0 Å². The van der Waals surface area contributed by atoms with E-state index >= 15 is 0 Å². The molecule has 6 nitrogen and oxygen atoms in total. The Hall–Kier alpha value is -3.25. The van der Waals surface area contributed by atoms with Gasteiger partial charge in [0, 0.05) is 36.6 Å². The quantitative estimate of drug-likeness (QED) is 0.635. The number of carbonyl (C=O) groups is 1. The van der Waals surface area contributed by atoms with Gasteiger partial charge in [-0.05, 0) is 63.8 Å². The van der Waals surface area contributed by atoms with Crippen LogP contribution in [0.4, 0.5) is 11.4 Å². The number of pyridine rings is 2. The molecule has 0 spiro atoms. The summed E-state index contributed by atoms with van der Waals surface area (Å²) in [5, 5.41) is 3.09. The van der Waals surface area contributed by atoms with Crippen molar-refractivity contribution in [2.45, 2.75) is 46.6 Å². The predicted octanol–water partition coefficient (Wildman–Crippen LogP) is 4.56. The molecule has 0 radical (unpaired) electrons. The molecule has 3 N–H and O–H groups in total. The molecular formula is C26H31N5O. The molecule has 0 bridgehead atoms. The summed E-state index contributed by atoms with van der Waals surface area (Å²) >= 11 is 0. The summed E-state index contributed by atoms with van der Waals surface area (Å²) in [5.74, 6) is -0.230. The van der Waals surface area contributed by atoms with Crippen molar-refractivity contribution in [1.82, 2.24) is 9.97 Å². The zero-order chi connectivity index (χ0) is 22.8. The first kappa shape index (κ1) is 22.0. The number of nitrogens with two attached hydrogens (primary N) is 1. The number of piperidine rings is 1. The van der Waals surface area contributed by atoms with E-state index in [4.69, 9.17) is 5.73 Å². The van der Waals surface area contributed by atoms with Gasteiger partial charge in [0.1, 0.15) is 5.69 Å². The molecule has 1 aliphatic rings. The Labute approximate surface area is 189 Å². The van der Waals surface area contributed by atoms with Gasteiger partial charge in [-0.15, -0.1) is 0 Å². The van der Waals surface area contributed by atoms with Gasteiger partial charge < -0.3 is 16.0 Å². The Morgan fingerprint density at radius 1 is 0.969 bits per heavy atom. The van der Waals surface area contributed by atoms with Crippen LogP contribution in [0.3, 0.4) is 0 Å². The first-order valence-electron chi connectivity index (χ1n) is 11.1. The predicted molar refractivity (Wildman–Crippen MR) is 130 cm³/mol. The number of hydrogen-bond donors (Lipinski definition) is 2. The summed E-state index contributed by atoms with van der Waals surface area (Å²) in [6, 6.07) is 10.5. The highest BCUT2D eigenvalue weighted by Crippen LogP contribution is 2.38. The minimum Gasteiger partial charge on any atom is -0.369 e. The Bertz CT molecular complexity index is 1110. The van der Waals surface area contributed by atoms with Crippen molar-refractivity contribution < 1.29 is 4.79 Å². The molecule has 166 valence electrons. The van der Waals surface area contributed by atoms with Gasteiger partial charge in [-0.2, -0.15) is 0 Å². The molecule has 0 aliphatic carbocycles. The van der Waals surface area contributed by atoms with Gasteiger partial charge in [0.25, 0.3) is 5.91 Å². The standard InChI is InChI=1S/C26H31N5O/c1-16-9-17(2)12-20(11-16)22-14-28-15-24(25(22)31-7-5-21(27)6-8-31)30-26(32)23-13-18(3)10-19(4)29-23/h9-15,21H,5-8,27H2,1-4H3,(H,30,32). The summed E-state index contributed by atoms with van der Waals surface area (Å²) in [5.41, 5.74) is 14.6. The van der Waals surface area contributed by atoms with E-state index in [-0.39, 0.29) is 11.9 Å². The van der Waals surface area contributed by atoms with Crippen LogP contribution in [-0.2, 0) is 0 Å². The summed E-state index contributed by atoms with van der Waals surface area (Å²) in [6.07, 6.45) is 5.46. The maximum Gasteiger partial charge on any atom is 0.274 e. The van der Waals surface area contributed by atoms with Crippen molar-refractivity contribution in [3.05, 3.63) is 70.8 Å². The van der Waals surface area contributed by atoms with Gasteiger partial charge in [-0.25, -0.2) is 4.98 Å². The van der Waals surface area contributed by atoms with Gasteiger partial charge in [0.15, 0.2) is 0 Å². The van der Waals surface area contributed by atoms with Crippen molar-refractivity contribution in [2.24, 2.45) is 5.73 Å². The zero-order valence-electron chi connectivity index (χ0n) is 19.3. The lowest BCUT2D eigenvalue weighted by atomic mass is 9.98. The molecule has 0 saturated carbocycles. The second-order valence-electron chi connectivity index (χ2n) is 8.91. The Morgan fingerprint density at radius 2 is 1.62 bits per heavy atom. The molecular weight excluding hydrogens is 398 g/mol. The molecule has 6 heteroatoms. The molecule has 0 atom stereocenters. The van der Waals surface area contributed by atoms with Crippen LogP contribution in [0, 0.1) is 27.7 Å². The van der Waals surface area contributed by atoms with Gasteiger partial charge >= 0.3 is 0 Å². The molecule has 1 aliphatic heterocycles. The maximum atomic E-state index is 13.1. The fraction of sp³-hybridized carbons (Fsp3) is 0.346. The first-order chi connectivity index (χ1) is 15.3. The molecule has 1 aromatic carbocycles. The Balaban J connectivity index is 1.78. The number of anilines is 2. The monoisotopic (exact) mass is 429 g/mol. The highest BCUT2D eigenvalue weighted by atomic mass is 16.1. The van der Waals surface area contributed by atoms with Crippen LogP contribution < -0.4 is 16.0 Å². The minimum absolute atomic E-state index is 0.218. The fourth-order valence-corrected chi connectivity index (χ4v) is 4.49. The van der Waals surface area contributed by atoms with Gasteiger partial charge in [0.05, 0.1) is 17.6 Å². The van der Waals surface area contributed by atoms with Gasteiger partial charge in [0.2, 0.25) is 0 Å². The van der Waals surface area contributed by atoms with Crippen molar-refractivity contribution in [3.63, 3.8) is 0 Å². The molecule has 4 rings (SSSR count). The van der Waals surface area contributed by atoms with Crippen molar-refractivity contribution in [2.75, 3.05) is 23.3 Å². The van der Waals surface area contributed by atoms with Crippen LogP contribution in [0.5, 0.6) is 0 Å². The number of amides is 1. The van der Waals surface area contributed by atoms with E-state index in [9.17, 15) is 4.79 Å². The third-order valence-electron chi connectivity index (χ3n) is 5.88. The van der Waals surface area contributed by atoms with Gasteiger partial charge in [-0.3, -0.25) is 9.78 Å². The molecule has 1 amide bonds. The van der Waals surface area contributed by atoms with Crippen LogP contribution in [0.25, 0.3) is 11.1 Å². The average molecular weight is 430 g/mol. The highest BCUT2D eigenvalue weighted by Gasteiger charge is 2.24. The van der Waals surface area contributed by atoms with Crippen molar-refractivity contribution in [1.29, 1.82) is 0 Å². The van der Waals surface area contributed by atoms with E-state index in [1.54, 1.807) is 6.20 Å². The summed E-state index contributed by atoms with van der Waals surface area (Å²) in [4.78, 5) is 24.4. The molecule has 32 heavy (non-hydrogen) atoms. The molecule has 1 saturated heterocycles. The number of aryl methyl sites for hydroxylation is 4. The Kier molecular flexibility index (Phi) is 6.24. The molecule has 3 aromatic rings. The van der Waals surface area contributed by atoms with Crippen LogP contribution in [0.1, 0.15) is 45.7 Å². The molecule has 1 fully saturated rings.